The van der Waals surface area contributed by atoms with E-state index in [4.69, 9.17) is 4.98 Å². The van der Waals surface area contributed by atoms with Crippen molar-refractivity contribution in [1.29, 1.82) is 0 Å². The Morgan fingerprint density at radius 3 is 2.89 bits per heavy atom. The molecule has 0 amide bonds. The molecule has 1 fully saturated rings. The number of likely N-dealkylation sites (N-methyl/N-ethyl adjacent to an activating group) is 1. The standard InChI is InChI=1S/C15H22N4/c1-11(18(2)12-8-9-16-10-12)15-17-13-6-4-5-7-14(13)19(15)3/h4-7,11-12,16H,8-10H2,1-3H3. The van der Waals surface area contributed by atoms with Gasteiger partial charge in [0.15, 0.2) is 0 Å². The van der Waals surface area contributed by atoms with Gasteiger partial charge in [0, 0.05) is 19.6 Å². The van der Waals surface area contributed by atoms with Crippen LogP contribution in [0.1, 0.15) is 25.2 Å². The molecule has 1 aromatic carbocycles. The van der Waals surface area contributed by atoms with Gasteiger partial charge in [0.2, 0.25) is 0 Å². The predicted molar refractivity (Wildman–Crippen MR) is 78.2 cm³/mol. The molecule has 1 aromatic heterocycles. The first-order valence-electron chi connectivity index (χ1n) is 7.02. The Labute approximate surface area is 114 Å². The Morgan fingerprint density at radius 1 is 1.42 bits per heavy atom. The normalized spacial score (nSPS) is 21.4. The summed E-state index contributed by atoms with van der Waals surface area (Å²) in [5, 5.41) is 3.43. The zero-order chi connectivity index (χ0) is 13.4. The predicted octanol–water partition coefficient (Wildman–Crippen LogP) is 1.93. The lowest BCUT2D eigenvalue weighted by Crippen LogP contribution is -2.36. The fraction of sp³-hybridized carbons (Fsp3) is 0.533. The molecule has 102 valence electrons. The van der Waals surface area contributed by atoms with Gasteiger partial charge in [-0.25, -0.2) is 4.98 Å². The van der Waals surface area contributed by atoms with Gasteiger partial charge in [-0.1, -0.05) is 12.1 Å². The van der Waals surface area contributed by atoms with E-state index in [1.165, 1.54) is 11.9 Å². The fourth-order valence-electron chi connectivity index (χ4n) is 3.02. The van der Waals surface area contributed by atoms with Crippen molar-refractivity contribution in [1.82, 2.24) is 19.8 Å². The summed E-state index contributed by atoms with van der Waals surface area (Å²) in [5.41, 5.74) is 2.30. The number of fused-ring (bicyclic) bond motifs is 1. The van der Waals surface area contributed by atoms with Crippen LogP contribution in [0.5, 0.6) is 0 Å². The molecule has 1 saturated heterocycles. The second kappa shape index (κ2) is 4.94. The van der Waals surface area contributed by atoms with E-state index in [1.807, 2.05) is 6.07 Å². The minimum Gasteiger partial charge on any atom is -0.330 e. The van der Waals surface area contributed by atoms with Gasteiger partial charge in [0.1, 0.15) is 5.82 Å². The molecule has 2 aromatic rings. The third kappa shape index (κ3) is 2.15. The van der Waals surface area contributed by atoms with Gasteiger partial charge in [-0.15, -0.1) is 0 Å². The van der Waals surface area contributed by atoms with Gasteiger partial charge < -0.3 is 9.88 Å². The number of nitrogens with one attached hydrogen (secondary N) is 1. The van der Waals surface area contributed by atoms with E-state index in [9.17, 15) is 0 Å². The fourth-order valence-corrected chi connectivity index (χ4v) is 3.02. The molecule has 19 heavy (non-hydrogen) atoms. The largest absolute Gasteiger partial charge is 0.330 e. The van der Waals surface area contributed by atoms with Gasteiger partial charge in [-0.3, -0.25) is 4.90 Å². The number of hydrogen-bond acceptors (Lipinski definition) is 3. The van der Waals surface area contributed by atoms with Crippen LogP contribution in [0.3, 0.4) is 0 Å². The van der Waals surface area contributed by atoms with Crippen LogP contribution in [0, 0.1) is 0 Å². The highest BCUT2D eigenvalue weighted by atomic mass is 15.2. The van der Waals surface area contributed by atoms with Crippen molar-refractivity contribution >= 4 is 11.0 Å². The molecule has 1 N–H and O–H groups in total. The summed E-state index contributed by atoms with van der Waals surface area (Å²) in [4.78, 5) is 7.25. The van der Waals surface area contributed by atoms with Crippen LogP contribution in [0.4, 0.5) is 0 Å². The van der Waals surface area contributed by atoms with Crippen molar-refractivity contribution in [2.24, 2.45) is 7.05 Å². The quantitative estimate of drug-likeness (QED) is 0.913. The van der Waals surface area contributed by atoms with Crippen molar-refractivity contribution < 1.29 is 0 Å². The first-order valence-corrected chi connectivity index (χ1v) is 7.02. The maximum Gasteiger partial charge on any atom is 0.126 e. The topological polar surface area (TPSA) is 33.1 Å². The zero-order valence-electron chi connectivity index (χ0n) is 11.9. The SMILES string of the molecule is CC(c1nc2ccccc2n1C)N(C)C1CCNC1. The highest BCUT2D eigenvalue weighted by Gasteiger charge is 2.26. The lowest BCUT2D eigenvalue weighted by atomic mass is 10.1. The van der Waals surface area contributed by atoms with Gasteiger partial charge in [-0.2, -0.15) is 0 Å². The monoisotopic (exact) mass is 258 g/mol. The Hall–Kier alpha value is -1.39. The summed E-state index contributed by atoms with van der Waals surface area (Å²) < 4.78 is 2.22. The van der Waals surface area contributed by atoms with Crippen molar-refractivity contribution in [3.8, 4) is 0 Å². The van der Waals surface area contributed by atoms with Crippen LogP contribution < -0.4 is 5.32 Å². The molecule has 1 aliphatic heterocycles. The summed E-state index contributed by atoms with van der Waals surface area (Å²) in [6, 6.07) is 9.30. The molecule has 2 atom stereocenters. The van der Waals surface area contributed by atoms with Crippen LogP contribution in [0.15, 0.2) is 24.3 Å². The molecule has 2 unspecified atom stereocenters. The molecule has 0 radical (unpaired) electrons. The van der Waals surface area contributed by atoms with Crippen LogP contribution in [-0.4, -0.2) is 40.6 Å². The molecule has 4 nitrogen and oxygen atoms in total. The Kier molecular flexibility index (Phi) is 3.29. The van der Waals surface area contributed by atoms with Gasteiger partial charge in [0.25, 0.3) is 0 Å². The lowest BCUT2D eigenvalue weighted by Gasteiger charge is -2.29. The molecule has 3 rings (SSSR count). The van der Waals surface area contributed by atoms with Crippen LogP contribution >= 0.6 is 0 Å². The van der Waals surface area contributed by atoms with E-state index in [1.54, 1.807) is 0 Å². The van der Waals surface area contributed by atoms with E-state index in [0.29, 0.717) is 12.1 Å². The third-order valence-corrected chi connectivity index (χ3v) is 4.42. The van der Waals surface area contributed by atoms with E-state index < -0.39 is 0 Å². The van der Waals surface area contributed by atoms with Gasteiger partial charge in [-0.05, 0) is 39.1 Å². The molecule has 0 bridgehead atoms. The van der Waals surface area contributed by atoms with Crippen molar-refractivity contribution in [3.05, 3.63) is 30.1 Å². The first kappa shape index (κ1) is 12.6. The van der Waals surface area contributed by atoms with Crippen LogP contribution in [0.25, 0.3) is 11.0 Å². The Morgan fingerprint density at radius 2 is 2.21 bits per heavy atom. The van der Waals surface area contributed by atoms with Crippen molar-refractivity contribution in [2.45, 2.75) is 25.4 Å². The third-order valence-electron chi connectivity index (χ3n) is 4.42. The lowest BCUT2D eigenvalue weighted by molar-refractivity contribution is 0.188. The number of imidazole rings is 1. The maximum absolute atomic E-state index is 4.81. The number of benzene rings is 1. The molecule has 2 heterocycles. The van der Waals surface area contributed by atoms with Crippen LogP contribution in [-0.2, 0) is 7.05 Å². The number of aromatic nitrogens is 2. The molecule has 0 saturated carbocycles. The second-order valence-corrected chi connectivity index (χ2v) is 5.51. The van der Waals surface area contributed by atoms with E-state index in [-0.39, 0.29) is 0 Å². The Balaban J connectivity index is 1.92. The highest BCUT2D eigenvalue weighted by Crippen LogP contribution is 2.25. The van der Waals surface area contributed by atoms with Crippen LogP contribution in [0.2, 0.25) is 0 Å². The molecule has 0 spiro atoms. The summed E-state index contributed by atoms with van der Waals surface area (Å²) >= 11 is 0. The van der Waals surface area contributed by atoms with Crippen molar-refractivity contribution in [3.63, 3.8) is 0 Å². The molecule has 1 aliphatic rings. The number of hydrogen-bond donors (Lipinski definition) is 1. The number of rotatable bonds is 3. The Bertz CT molecular complexity index is 569. The number of aryl methyl sites for hydroxylation is 1. The van der Waals surface area contributed by atoms with Gasteiger partial charge >= 0.3 is 0 Å². The smallest absolute Gasteiger partial charge is 0.126 e. The summed E-state index contributed by atoms with van der Waals surface area (Å²) in [5.74, 6) is 1.15. The first-order chi connectivity index (χ1) is 9.18. The summed E-state index contributed by atoms with van der Waals surface area (Å²) in [6.07, 6.45) is 1.23. The molecular weight excluding hydrogens is 236 g/mol. The summed E-state index contributed by atoms with van der Waals surface area (Å²) in [6.45, 7) is 4.47. The maximum atomic E-state index is 4.81. The molecule has 4 heteroatoms. The summed E-state index contributed by atoms with van der Waals surface area (Å²) in [7, 11) is 4.32. The average Bonchev–Trinajstić information content (AvgIpc) is 3.06. The second-order valence-electron chi connectivity index (χ2n) is 5.51. The van der Waals surface area contributed by atoms with E-state index in [0.717, 1.165) is 24.4 Å². The molecule has 0 aliphatic carbocycles. The number of para-hydroxylation sites is 2. The minimum atomic E-state index is 0.335. The zero-order valence-corrected chi connectivity index (χ0v) is 11.9. The van der Waals surface area contributed by atoms with E-state index in [2.05, 4.69) is 54.0 Å². The minimum absolute atomic E-state index is 0.335. The van der Waals surface area contributed by atoms with E-state index >= 15 is 0 Å². The van der Waals surface area contributed by atoms with Crippen molar-refractivity contribution in [2.75, 3.05) is 20.1 Å². The average molecular weight is 258 g/mol. The number of nitrogens with zero attached hydrogens (tertiary/aromatic N) is 3. The molecular formula is C15H22N4. The van der Waals surface area contributed by atoms with Gasteiger partial charge in [0.05, 0.1) is 17.1 Å². The highest BCUT2D eigenvalue weighted by molar-refractivity contribution is 5.75.